The lowest BCUT2D eigenvalue weighted by atomic mass is 9.92. The maximum atomic E-state index is 5.88. The second-order valence-corrected chi connectivity index (χ2v) is 7.65. The number of pyridine rings is 2. The van der Waals surface area contributed by atoms with Crippen molar-refractivity contribution in [2.75, 3.05) is 18.0 Å². The zero-order valence-corrected chi connectivity index (χ0v) is 16.4. The molecule has 5 heteroatoms. The summed E-state index contributed by atoms with van der Waals surface area (Å²) in [4.78, 5) is 11.8. The summed E-state index contributed by atoms with van der Waals surface area (Å²) in [5, 5.41) is 0. The lowest BCUT2D eigenvalue weighted by molar-refractivity contribution is -0.00547. The first-order chi connectivity index (χ1) is 13.0. The molecule has 2 unspecified atom stereocenters. The third-order valence-electron chi connectivity index (χ3n) is 5.26. The Morgan fingerprint density at radius 2 is 1.85 bits per heavy atom. The maximum Gasteiger partial charge on any atom is 0.129 e. The summed E-state index contributed by atoms with van der Waals surface area (Å²) in [6.45, 7) is 10.1. The summed E-state index contributed by atoms with van der Waals surface area (Å²) < 4.78 is 11.6. The Bertz CT molecular complexity index is 841. The highest BCUT2D eigenvalue weighted by molar-refractivity contribution is 5.69. The molecule has 142 valence electrons. The smallest absolute Gasteiger partial charge is 0.129 e. The molecule has 4 atom stereocenters. The van der Waals surface area contributed by atoms with Gasteiger partial charge in [-0.2, -0.15) is 0 Å². The van der Waals surface area contributed by atoms with Crippen molar-refractivity contribution >= 4 is 5.82 Å². The minimum atomic E-state index is 0.0805. The first kappa shape index (κ1) is 18.0. The molecule has 0 N–H and O–H groups in total. The number of aromatic nitrogens is 2. The van der Waals surface area contributed by atoms with Crippen molar-refractivity contribution in [2.24, 2.45) is 0 Å². The number of nitrogens with zero attached hydrogens (tertiary/aromatic N) is 3. The van der Waals surface area contributed by atoms with Crippen LogP contribution in [-0.4, -0.2) is 41.4 Å². The molecule has 0 amide bonds. The van der Waals surface area contributed by atoms with Gasteiger partial charge in [-0.25, -0.2) is 4.98 Å². The molecular formula is C22H27N3O2. The van der Waals surface area contributed by atoms with E-state index in [0.717, 1.165) is 41.4 Å². The zero-order chi connectivity index (χ0) is 19.0. The van der Waals surface area contributed by atoms with Gasteiger partial charge in [-0.15, -0.1) is 0 Å². The largest absolute Gasteiger partial charge is 0.498 e. The minimum absolute atomic E-state index is 0.0805. The molecule has 4 heterocycles. The van der Waals surface area contributed by atoms with E-state index >= 15 is 0 Å². The van der Waals surface area contributed by atoms with E-state index in [2.05, 4.69) is 61.0 Å². The van der Waals surface area contributed by atoms with E-state index in [1.54, 1.807) is 6.26 Å². The van der Waals surface area contributed by atoms with Crippen LogP contribution in [0.15, 0.2) is 42.8 Å². The van der Waals surface area contributed by atoms with Crippen molar-refractivity contribution in [3.05, 3.63) is 54.2 Å². The molecule has 1 fully saturated rings. The maximum absolute atomic E-state index is 5.88. The van der Waals surface area contributed by atoms with Crippen LogP contribution in [0.5, 0.6) is 0 Å². The van der Waals surface area contributed by atoms with Gasteiger partial charge in [0, 0.05) is 30.5 Å². The van der Waals surface area contributed by atoms with Crippen LogP contribution in [0.4, 0.5) is 5.82 Å². The fourth-order valence-corrected chi connectivity index (χ4v) is 4.03. The molecular weight excluding hydrogens is 338 g/mol. The van der Waals surface area contributed by atoms with Crippen LogP contribution >= 0.6 is 0 Å². The molecule has 0 aromatic carbocycles. The number of morpholine rings is 1. The van der Waals surface area contributed by atoms with Gasteiger partial charge in [0.15, 0.2) is 0 Å². The van der Waals surface area contributed by atoms with Crippen LogP contribution in [0.25, 0.3) is 11.1 Å². The minimum Gasteiger partial charge on any atom is -0.498 e. The number of hydrogen-bond donors (Lipinski definition) is 0. The van der Waals surface area contributed by atoms with Crippen molar-refractivity contribution in [1.82, 2.24) is 9.97 Å². The standard InChI is InChI=1S/C22H27N3O2/c1-14-11-18(7-9-23-14)20-5-6-21(25-12-15(2)27-16(3)13-25)24-22(20)19-8-10-26-17(19)4/h5-11,15-17,19H,12-13H2,1-4H3/t15-,16+,17?,19?. The first-order valence-corrected chi connectivity index (χ1v) is 9.68. The summed E-state index contributed by atoms with van der Waals surface area (Å²) in [6.07, 6.45) is 6.25. The van der Waals surface area contributed by atoms with Crippen LogP contribution < -0.4 is 4.90 Å². The Balaban J connectivity index is 1.77. The van der Waals surface area contributed by atoms with Crippen LogP contribution in [0, 0.1) is 6.92 Å². The fourth-order valence-electron chi connectivity index (χ4n) is 4.03. The number of aryl methyl sites for hydroxylation is 1. The van der Waals surface area contributed by atoms with Gasteiger partial charge in [-0.1, -0.05) is 0 Å². The number of ether oxygens (including phenoxy) is 2. The predicted octanol–water partition coefficient (Wildman–Crippen LogP) is 4.08. The van der Waals surface area contributed by atoms with Crippen LogP contribution in [0.2, 0.25) is 0 Å². The highest BCUT2D eigenvalue weighted by Crippen LogP contribution is 2.36. The summed E-state index contributed by atoms with van der Waals surface area (Å²) in [5.41, 5.74) is 4.36. The number of hydrogen-bond acceptors (Lipinski definition) is 5. The molecule has 4 rings (SSSR count). The molecule has 0 radical (unpaired) electrons. The third-order valence-corrected chi connectivity index (χ3v) is 5.26. The summed E-state index contributed by atoms with van der Waals surface area (Å²) in [7, 11) is 0. The van der Waals surface area contributed by atoms with E-state index in [0.29, 0.717) is 0 Å². The van der Waals surface area contributed by atoms with E-state index in [9.17, 15) is 0 Å². The van der Waals surface area contributed by atoms with E-state index in [4.69, 9.17) is 14.5 Å². The first-order valence-electron chi connectivity index (χ1n) is 9.68. The number of rotatable bonds is 3. The van der Waals surface area contributed by atoms with Gasteiger partial charge in [-0.05, 0) is 63.6 Å². The van der Waals surface area contributed by atoms with Gasteiger partial charge in [0.2, 0.25) is 0 Å². The average Bonchev–Trinajstić information content (AvgIpc) is 3.06. The second kappa shape index (κ2) is 7.31. The summed E-state index contributed by atoms with van der Waals surface area (Å²) in [5.74, 6) is 1.15. The van der Waals surface area contributed by atoms with Crippen LogP contribution in [0.1, 0.15) is 38.1 Å². The highest BCUT2D eigenvalue weighted by atomic mass is 16.5. The SMILES string of the molecule is Cc1cc(-c2ccc(N3C[C@@H](C)O[C@@H](C)C3)nc2C2C=COC2C)ccn1. The predicted molar refractivity (Wildman–Crippen MR) is 107 cm³/mol. The number of anilines is 1. The van der Waals surface area contributed by atoms with Crippen LogP contribution in [0.3, 0.4) is 0 Å². The molecule has 0 aliphatic carbocycles. The van der Waals surface area contributed by atoms with Crippen molar-refractivity contribution in [1.29, 1.82) is 0 Å². The lowest BCUT2D eigenvalue weighted by Gasteiger charge is -2.36. The van der Waals surface area contributed by atoms with E-state index in [-0.39, 0.29) is 24.2 Å². The van der Waals surface area contributed by atoms with Crippen LogP contribution in [-0.2, 0) is 9.47 Å². The van der Waals surface area contributed by atoms with Gasteiger partial charge >= 0.3 is 0 Å². The van der Waals surface area contributed by atoms with E-state index in [1.807, 2.05) is 13.1 Å². The molecule has 0 bridgehead atoms. The molecule has 2 aliphatic heterocycles. The van der Waals surface area contributed by atoms with E-state index in [1.165, 1.54) is 0 Å². The second-order valence-electron chi connectivity index (χ2n) is 7.65. The molecule has 2 aromatic rings. The Morgan fingerprint density at radius 1 is 1.07 bits per heavy atom. The topological polar surface area (TPSA) is 47.5 Å². The Morgan fingerprint density at radius 3 is 2.52 bits per heavy atom. The summed E-state index contributed by atoms with van der Waals surface area (Å²) in [6, 6.07) is 8.49. The Kier molecular flexibility index (Phi) is 4.87. The molecule has 5 nitrogen and oxygen atoms in total. The monoisotopic (exact) mass is 365 g/mol. The van der Waals surface area contributed by atoms with Gasteiger partial charge < -0.3 is 14.4 Å². The highest BCUT2D eigenvalue weighted by Gasteiger charge is 2.29. The summed E-state index contributed by atoms with van der Waals surface area (Å²) >= 11 is 0. The molecule has 1 saturated heterocycles. The van der Waals surface area contributed by atoms with Gasteiger partial charge in [-0.3, -0.25) is 4.98 Å². The Labute approximate surface area is 161 Å². The molecule has 0 saturated carbocycles. The lowest BCUT2D eigenvalue weighted by Crippen LogP contribution is -2.46. The van der Waals surface area contributed by atoms with E-state index < -0.39 is 0 Å². The fraction of sp³-hybridized carbons (Fsp3) is 0.455. The quantitative estimate of drug-likeness (QED) is 0.820. The van der Waals surface area contributed by atoms with Crippen molar-refractivity contribution in [2.45, 2.75) is 51.9 Å². The molecule has 2 aromatic heterocycles. The molecule has 0 spiro atoms. The van der Waals surface area contributed by atoms with Gasteiger partial charge in [0.1, 0.15) is 11.9 Å². The molecule has 2 aliphatic rings. The van der Waals surface area contributed by atoms with Gasteiger partial charge in [0.25, 0.3) is 0 Å². The van der Waals surface area contributed by atoms with Gasteiger partial charge in [0.05, 0.1) is 30.1 Å². The zero-order valence-electron chi connectivity index (χ0n) is 16.4. The Hall–Kier alpha value is -2.40. The normalized spacial score (nSPS) is 27.6. The average molecular weight is 365 g/mol. The third kappa shape index (κ3) is 3.69. The molecule has 27 heavy (non-hydrogen) atoms. The van der Waals surface area contributed by atoms with Crippen molar-refractivity contribution < 1.29 is 9.47 Å². The van der Waals surface area contributed by atoms with Crippen molar-refractivity contribution in [3.8, 4) is 11.1 Å². The van der Waals surface area contributed by atoms with Crippen molar-refractivity contribution in [3.63, 3.8) is 0 Å².